The van der Waals surface area contributed by atoms with Crippen LogP contribution in [0.3, 0.4) is 0 Å². The molecule has 1 aliphatic rings. The van der Waals surface area contributed by atoms with Crippen molar-refractivity contribution in [1.29, 1.82) is 0 Å². The molecule has 1 aromatic carbocycles. The molecule has 1 heterocycles. The van der Waals surface area contributed by atoms with Gasteiger partial charge in [0.25, 0.3) is 5.56 Å². The topological polar surface area (TPSA) is 81.1 Å². The van der Waals surface area contributed by atoms with Crippen LogP contribution in [-0.4, -0.2) is 24.7 Å². The van der Waals surface area contributed by atoms with Crippen LogP contribution in [0.25, 0.3) is 0 Å². The number of nitrogens with zero attached hydrogens (tertiary/aromatic N) is 2. The van der Waals surface area contributed by atoms with E-state index in [1.807, 2.05) is 0 Å². The monoisotopic (exact) mass is 369 g/mol. The Kier molecular flexibility index (Phi) is 4.96. The first kappa shape index (κ1) is 17.7. The third-order valence-corrected chi connectivity index (χ3v) is 5.57. The number of hydrogen-bond acceptors (Lipinski definition) is 4. The van der Waals surface area contributed by atoms with Gasteiger partial charge in [0.1, 0.15) is 16.5 Å². The zero-order chi connectivity index (χ0) is 18.0. The highest BCUT2D eigenvalue weighted by molar-refractivity contribution is 7.89. The molecular formula is C16H17F2N3O3S. The van der Waals surface area contributed by atoms with Gasteiger partial charge in [-0.25, -0.2) is 26.6 Å². The number of aryl methyl sites for hydroxylation is 2. The van der Waals surface area contributed by atoms with Crippen LogP contribution in [0.5, 0.6) is 0 Å². The van der Waals surface area contributed by atoms with Gasteiger partial charge in [0.05, 0.1) is 12.2 Å². The number of sulfonamides is 1. The van der Waals surface area contributed by atoms with Crippen molar-refractivity contribution < 1.29 is 17.2 Å². The van der Waals surface area contributed by atoms with Gasteiger partial charge in [0.2, 0.25) is 10.0 Å². The summed E-state index contributed by atoms with van der Waals surface area (Å²) in [5.41, 5.74) is 1.51. The van der Waals surface area contributed by atoms with E-state index in [4.69, 9.17) is 0 Å². The third kappa shape index (κ3) is 3.93. The number of benzene rings is 1. The minimum absolute atomic E-state index is 0.0220. The Morgan fingerprint density at radius 3 is 2.68 bits per heavy atom. The lowest BCUT2D eigenvalue weighted by atomic mass is 9.97. The van der Waals surface area contributed by atoms with Crippen LogP contribution < -0.4 is 10.3 Å². The maximum atomic E-state index is 13.6. The van der Waals surface area contributed by atoms with Crippen LogP contribution in [0.1, 0.15) is 24.1 Å². The third-order valence-electron chi connectivity index (χ3n) is 4.07. The predicted octanol–water partition coefficient (Wildman–Crippen LogP) is 1.38. The number of halogens is 2. The van der Waals surface area contributed by atoms with Crippen molar-refractivity contribution in [2.45, 2.75) is 37.1 Å². The van der Waals surface area contributed by atoms with Crippen molar-refractivity contribution >= 4 is 10.0 Å². The summed E-state index contributed by atoms with van der Waals surface area (Å²) in [6, 6.07) is 3.77. The molecule has 0 bridgehead atoms. The van der Waals surface area contributed by atoms with Crippen molar-refractivity contribution in [3.63, 3.8) is 0 Å². The molecule has 0 saturated heterocycles. The molecule has 0 aliphatic heterocycles. The van der Waals surface area contributed by atoms with Gasteiger partial charge in [0.15, 0.2) is 0 Å². The van der Waals surface area contributed by atoms with E-state index in [-0.39, 0.29) is 18.6 Å². The highest BCUT2D eigenvalue weighted by Gasteiger charge is 2.19. The Morgan fingerprint density at radius 1 is 1.16 bits per heavy atom. The normalized spacial score (nSPS) is 14.3. The molecule has 2 aromatic rings. The zero-order valence-corrected chi connectivity index (χ0v) is 14.2. The van der Waals surface area contributed by atoms with Crippen molar-refractivity contribution in [2.75, 3.05) is 6.54 Å². The first-order valence-corrected chi connectivity index (χ1v) is 9.40. The van der Waals surface area contributed by atoms with E-state index < -0.39 is 26.6 Å². The second-order valence-electron chi connectivity index (χ2n) is 5.86. The van der Waals surface area contributed by atoms with Gasteiger partial charge >= 0.3 is 0 Å². The Morgan fingerprint density at radius 2 is 1.92 bits per heavy atom. The fourth-order valence-electron chi connectivity index (χ4n) is 2.82. The molecule has 1 aromatic heterocycles. The van der Waals surface area contributed by atoms with Crippen LogP contribution in [-0.2, 0) is 29.4 Å². The molecule has 0 atom stereocenters. The van der Waals surface area contributed by atoms with Crippen molar-refractivity contribution in [1.82, 2.24) is 14.5 Å². The lowest BCUT2D eigenvalue weighted by Crippen LogP contribution is -2.33. The van der Waals surface area contributed by atoms with Gasteiger partial charge in [-0.3, -0.25) is 4.79 Å². The lowest BCUT2D eigenvalue weighted by Gasteiger charge is -2.16. The van der Waals surface area contributed by atoms with Crippen molar-refractivity contribution in [3.8, 4) is 0 Å². The largest absolute Gasteiger partial charge is 0.268 e. The molecule has 0 radical (unpaired) electrons. The summed E-state index contributed by atoms with van der Waals surface area (Å²) in [4.78, 5) is 11.4. The van der Waals surface area contributed by atoms with Gasteiger partial charge in [-0.2, -0.15) is 5.10 Å². The standard InChI is InChI=1S/C16H17F2N3O3S/c17-12-5-6-15(13(18)10-12)25(23,24)19-7-8-21-16(22)9-11-3-1-2-4-14(11)20-21/h5-6,9-10,19H,1-4,7-8H2. The molecule has 1 aliphatic carbocycles. The molecule has 0 spiro atoms. The minimum Gasteiger partial charge on any atom is -0.268 e. The summed E-state index contributed by atoms with van der Waals surface area (Å²) in [6.45, 7) is -0.112. The number of nitrogens with one attached hydrogen (secondary N) is 1. The molecular weight excluding hydrogens is 352 g/mol. The van der Waals surface area contributed by atoms with Gasteiger partial charge in [-0.05, 0) is 43.4 Å². The van der Waals surface area contributed by atoms with Gasteiger partial charge in [-0.15, -0.1) is 0 Å². The Bertz CT molecular complexity index is 958. The molecule has 9 heteroatoms. The van der Waals surface area contributed by atoms with Crippen LogP contribution in [0, 0.1) is 11.6 Å². The van der Waals surface area contributed by atoms with Crippen LogP contribution in [0.2, 0.25) is 0 Å². The second-order valence-corrected chi connectivity index (χ2v) is 7.59. The second kappa shape index (κ2) is 7.01. The highest BCUT2D eigenvalue weighted by atomic mass is 32.2. The first-order chi connectivity index (χ1) is 11.9. The number of hydrogen-bond donors (Lipinski definition) is 1. The fraction of sp³-hybridized carbons (Fsp3) is 0.375. The maximum absolute atomic E-state index is 13.6. The van der Waals surface area contributed by atoms with Gasteiger partial charge in [-0.1, -0.05) is 0 Å². The Hall–Kier alpha value is -2.13. The van der Waals surface area contributed by atoms with E-state index in [9.17, 15) is 22.0 Å². The molecule has 6 nitrogen and oxygen atoms in total. The molecule has 0 amide bonds. The average Bonchev–Trinajstić information content (AvgIpc) is 2.54. The molecule has 1 N–H and O–H groups in total. The number of rotatable bonds is 5. The predicted molar refractivity (Wildman–Crippen MR) is 86.7 cm³/mol. The molecule has 3 rings (SSSR count). The van der Waals surface area contributed by atoms with Crippen molar-refractivity contribution in [2.24, 2.45) is 0 Å². The van der Waals surface area contributed by atoms with Gasteiger partial charge < -0.3 is 0 Å². The fourth-order valence-corrected chi connectivity index (χ4v) is 3.90. The zero-order valence-electron chi connectivity index (χ0n) is 13.3. The van der Waals surface area contributed by atoms with E-state index in [1.54, 1.807) is 0 Å². The first-order valence-electron chi connectivity index (χ1n) is 7.91. The highest BCUT2D eigenvalue weighted by Crippen LogP contribution is 2.17. The van der Waals surface area contributed by atoms with E-state index in [2.05, 4.69) is 9.82 Å². The molecule has 134 valence electrons. The number of fused-ring (bicyclic) bond motifs is 1. The molecule has 0 unspecified atom stereocenters. The molecule has 0 saturated carbocycles. The van der Waals surface area contributed by atoms with Crippen molar-refractivity contribution in [3.05, 3.63) is 57.5 Å². The SMILES string of the molecule is O=c1cc2c(nn1CCNS(=O)(=O)c1ccc(F)cc1F)CCCC2. The average molecular weight is 369 g/mol. The number of aromatic nitrogens is 2. The van der Waals surface area contributed by atoms with Crippen LogP contribution in [0.15, 0.2) is 34.0 Å². The smallest absolute Gasteiger partial charge is 0.267 e. The summed E-state index contributed by atoms with van der Waals surface area (Å²) in [5, 5.41) is 4.28. The molecule has 0 fully saturated rings. The quantitative estimate of drug-likeness (QED) is 0.863. The lowest BCUT2D eigenvalue weighted by molar-refractivity contribution is 0.520. The van der Waals surface area contributed by atoms with E-state index in [1.165, 1.54) is 10.7 Å². The molecule has 25 heavy (non-hydrogen) atoms. The van der Waals surface area contributed by atoms with Crippen LogP contribution in [0.4, 0.5) is 8.78 Å². The summed E-state index contributed by atoms with van der Waals surface area (Å²) in [6.07, 6.45) is 3.66. The minimum atomic E-state index is -4.14. The van der Waals surface area contributed by atoms with E-state index in [0.29, 0.717) is 6.07 Å². The summed E-state index contributed by atoms with van der Waals surface area (Å²) < 4.78 is 54.1. The van der Waals surface area contributed by atoms with Crippen LogP contribution >= 0.6 is 0 Å². The summed E-state index contributed by atoms with van der Waals surface area (Å²) >= 11 is 0. The van der Waals surface area contributed by atoms with E-state index in [0.717, 1.165) is 49.1 Å². The Labute approximate surface area is 143 Å². The summed E-state index contributed by atoms with van der Waals surface area (Å²) in [5.74, 6) is -2.03. The summed E-state index contributed by atoms with van der Waals surface area (Å²) in [7, 11) is -4.14. The maximum Gasteiger partial charge on any atom is 0.267 e. The van der Waals surface area contributed by atoms with Gasteiger partial charge in [0, 0.05) is 18.7 Å². The van der Waals surface area contributed by atoms with E-state index >= 15 is 0 Å². The Balaban J connectivity index is 1.71.